The summed E-state index contributed by atoms with van der Waals surface area (Å²) in [5, 5.41) is 14.4. The number of rotatable bonds is 10. The number of aromatic nitrogens is 1. The molecule has 8 nitrogen and oxygen atoms in total. The second-order valence-electron chi connectivity index (χ2n) is 8.42. The highest BCUT2D eigenvalue weighted by Gasteiger charge is 2.14. The molecule has 0 saturated heterocycles. The fourth-order valence-electron chi connectivity index (χ4n) is 4.23. The molecule has 0 aliphatic rings. The molecule has 3 aromatic carbocycles. The number of phenols is 1. The summed E-state index contributed by atoms with van der Waals surface area (Å²) in [5.41, 5.74) is 3.69. The van der Waals surface area contributed by atoms with Gasteiger partial charge in [0.2, 0.25) is 5.75 Å². The molecule has 0 bridgehead atoms. The van der Waals surface area contributed by atoms with Crippen molar-refractivity contribution in [3.63, 3.8) is 0 Å². The van der Waals surface area contributed by atoms with Crippen molar-refractivity contribution in [2.75, 3.05) is 33.8 Å². The van der Waals surface area contributed by atoms with Gasteiger partial charge in [0.1, 0.15) is 0 Å². The summed E-state index contributed by atoms with van der Waals surface area (Å²) in [7, 11) is 8.05. The van der Waals surface area contributed by atoms with Crippen LogP contribution in [0.1, 0.15) is 21.5 Å². The Morgan fingerprint density at radius 2 is 1.58 bits per heavy atom. The van der Waals surface area contributed by atoms with Crippen molar-refractivity contribution >= 4 is 34.5 Å². The number of allylic oxidation sites excluding steroid dienone is 1. The van der Waals surface area contributed by atoms with Crippen LogP contribution in [0.2, 0.25) is 0 Å². The van der Waals surface area contributed by atoms with Crippen LogP contribution in [0.4, 0.5) is 5.69 Å². The zero-order chi connectivity index (χ0) is 27.2. The summed E-state index contributed by atoms with van der Waals surface area (Å²) in [4.78, 5) is 13.0. The largest absolute Gasteiger partial charge is 0.504 e. The van der Waals surface area contributed by atoms with E-state index in [0.29, 0.717) is 39.8 Å². The van der Waals surface area contributed by atoms with Gasteiger partial charge in [-0.25, -0.2) is 0 Å². The Balaban J connectivity index is 1.63. The third-order valence-corrected chi connectivity index (χ3v) is 6.13. The van der Waals surface area contributed by atoms with E-state index in [0.717, 1.165) is 16.5 Å². The van der Waals surface area contributed by atoms with Crippen LogP contribution in [0.3, 0.4) is 0 Å². The minimum absolute atomic E-state index is 0.0154. The summed E-state index contributed by atoms with van der Waals surface area (Å²) in [5.74, 6) is 1.70. The van der Waals surface area contributed by atoms with Crippen molar-refractivity contribution in [1.82, 2.24) is 4.57 Å². The Morgan fingerprint density at radius 3 is 2.24 bits per heavy atom. The maximum Gasteiger partial charge on any atom is 0.203 e. The lowest BCUT2D eigenvalue weighted by atomic mass is 10.1. The minimum Gasteiger partial charge on any atom is -0.504 e. The van der Waals surface area contributed by atoms with Gasteiger partial charge in [0.15, 0.2) is 28.8 Å². The first-order valence-corrected chi connectivity index (χ1v) is 11.8. The number of nitrogens with zero attached hydrogens (tertiary/aromatic N) is 1. The number of ether oxygens (including phenoxy) is 4. The quantitative estimate of drug-likeness (QED) is 0.118. The molecule has 196 valence electrons. The topological polar surface area (TPSA) is 91.2 Å². The molecular weight excluding hydrogens is 484 g/mol. The summed E-state index contributed by atoms with van der Waals surface area (Å²) in [6.07, 6.45) is 8.55. The number of anilines is 1. The van der Waals surface area contributed by atoms with Gasteiger partial charge in [-0.1, -0.05) is 30.4 Å². The van der Waals surface area contributed by atoms with Crippen LogP contribution in [0.15, 0.2) is 67.0 Å². The van der Waals surface area contributed by atoms with E-state index in [-0.39, 0.29) is 11.5 Å². The number of carbonyl (C=O) groups excluding carboxylic acids is 1. The molecule has 0 spiro atoms. The Hall–Kier alpha value is -4.85. The molecule has 4 rings (SSSR count). The molecule has 0 atom stereocenters. The number of aromatic hydroxyl groups is 1. The van der Waals surface area contributed by atoms with Gasteiger partial charge in [0, 0.05) is 59.3 Å². The number of phenolic OH excluding ortho intramolecular Hbond substituents is 1. The average Bonchev–Trinajstić information content (AvgIpc) is 3.28. The first-order chi connectivity index (χ1) is 18.4. The molecule has 0 fully saturated rings. The van der Waals surface area contributed by atoms with Gasteiger partial charge in [-0.2, -0.15) is 0 Å². The molecule has 8 heteroatoms. The van der Waals surface area contributed by atoms with Crippen LogP contribution in [0, 0.1) is 0 Å². The van der Waals surface area contributed by atoms with Crippen LogP contribution < -0.4 is 24.3 Å². The lowest BCUT2D eigenvalue weighted by molar-refractivity contribution is 0.104. The number of hydrogen-bond donors (Lipinski definition) is 2. The molecular formula is C30H30N2O6. The molecule has 1 aromatic heterocycles. The number of aryl methyl sites for hydroxylation is 1. The van der Waals surface area contributed by atoms with Gasteiger partial charge < -0.3 is 33.9 Å². The zero-order valence-electron chi connectivity index (χ0n) is 21.9. The highest BCUT2D eigenvalue weighted by Crippen LogP contribution is 2.39. The second-order valence-corrected chi connectivity index (χ2v) is 8.42. The van der Waals surface area contributed by atoms with E-state index in [1.165, 1.54) is 13.2 Å². The van der Waals surface area contributed by atoms with E-state index in [1.807, 2.05) is 66.4 Å². The molecule has 38 heavy (non-hydrogen) atoms. The normalized spacial score (nSPS) is 11.3. The Bertz CT molecular complexity index is 1510. The number of nitrogens with one attached hydrogen (secondary N) is 1. The van der Waals surface area contributed by atoms with Crippen LogP contribution in [-0.2, 0) is 7.05 Å². The van der Waals surface area contributed by atoms with E-state index < -0.39 is 0 Å². The highest BCUT2D eigenvalue weighted by atomic mass is 16.5. The smallest absolute Gasteiger partial charge is 0.203 e. The standard InChI is InChI=1S/C30H30N2O6/c1-32-18-22(21-8-6-7-9-24(21)32)25(33)12-13-31-23-17-27(35-2)26(34)16-20(23)11-10-19-14-28(36-3)30(38-5)29(15-19)37-4/h6-18,31,34H,1-5H3/b11-10+,13-12-. The number of ketones is 1. The van der Waals surface area contributed by atoms with Gasteiger partial charge in [0.05, 0.1) is 28.4 Å². The van der Waals surface area contributed by atoms with E-state index in [2.05, 4.69) is 5.32 Å². The molecule has 1 heterocycles. The van der Waals surface area contributed by atoms with Crippen LogP contribution in [0.5, 0.6) is 28.7 Å². The second kappa shape index (κ2) is 11.5. The SMILES string of the molecule is COc1cc(N/C=C\C(=O)c2cn(C)c3ccccc23)c(/C=C/c2cc(OC)c(OC)c(OC)c2)cc1O. The first-order valence-electron chi connectivity index (χ1n) is 11.8. The number of hydrogen-bond acceptors (Lipinski definition) is 7. The van der Waals surface area contributed by atoms with E-state index in [9.17, 15) is 9.90 Å². The number of fused-ring (bicyclic) bond motifs is 1. The fourth-order valence-corrected chi connectivity index (χ4v) is 4.23. The molecule has 0 aliphatic heterocycles. The number of benzene rings is 3. The summed E-state index contributed by atoms with van der Waals surface area (Å²) in [6.45, 7) is 0. The van der Waals surface area contributed by atoms with Gasteiger partial charge in [-0.3, -0.25) is 4.79 Å². The van der Waals surface area contributed by atoms with Crippen molar-refractivity contribution in [3.05, 3.63) is 83.7 Å². The van der Waals surface area contributed by atoms with Crippen molar-refractivity contribution < 1.29 is 28.8 Å². The molecule has 0 saturated carbocycles. The van der Waals surface area contributed by atoms with Crippen molar-refractivity contribution in [2.24, 2.45) is 7.05 Å². The monoisotopic (exact) mass is 514 g/mol. The lowest BCUT2D eigenvalue weighted by Crippen LogP contribution is -1.97. The summed E-state index contributed by atoms with van der Waals surface area (Å²) < 4.78 is 23.5. The molecule has 0 radical (unpaired) electrons. The van der Waals surface area contributed by atoms with Gasteiger partial charge in [0.25, 0.3) is 0 Å². The Labute approximate surface area is 221 Å². The van der Waals surface area contributed by atoms with E-state index >= 15 is 0 Å². The summed E-state index contributed by atoms with van der Waals surface area (Å²) in [6, 6.07) is 14.6. The fraction of sp³-hybridized carbons (Fsp3) is 0.167. The van der Waals surface area contributed by atoms with Gasteiger partial charge >= 0.3 is 0 Å². The first kappa shape index (κ1) is 26.2. The third-order valence-electron chi connectivity index (χ3n) is 6.13. The third kappa shape index (κ3) is 5.29. The predicted octanol–water partition coefficient (Wildman–Crippen LogP) is 5.90. The molecule has 4 aromatic rings. The van der Waals surface area contributed by atoms with Gasteiger partial charge in [-0.05, 0) is 29.8 Å². The minimum atomic E-state index is -0.130. The van der Waals surface area contributed by atoms with E-state index in [4.69, 9.17) is 18.9 Å². The van der Waals surface area contributed by atoms with Crippen LogP contribution in [0.25, 0.3) is 23.1 Å². The number of methoxy groups -OCH3 is 4. The Morgan fingerprint density at radius 1 is 0.895 bits per heavy atom. The number of carbonyl (C=O) groups is 1. The molecule has 2 N–H and O–H groups in total. The van der Waals surface area contributed by atoms with Crippen LogP contribution in [-0.4, -0.2) is 43.9 Å². The predicted molar refractivity (Wildman–Crippen MR) is 150 cm³/mol. The maximum atomic E-state index is 13.0. The number of para-hydroxylation sites is 1. The molecule has 0 amide bonds. The van der Waals surface area contributed by atoms with Crippen LogP contribution >= 0.6 is 0 Å². The summed E-state index contributed by atoms with van der Waals surface area (Å²) >= 11 is 0. The van der Waals surface area contributed by atoms with Crippen molar-refractivity contribution in [2.45, 2.75) is 0 Å². The molecule has 0 aliphatic carbocycles. The Kier molecular flexibility index (Phi) is 7.91. The van der Waals surface area contributed by atoms with Gasteiger partial charge in [-0.15, -0.1) is 0 Å². The van der Waals surface area contributed by atoms with E-state index in [1.54, 1.807) is 39.7 Å². The average molecular weight is 515 g/mol. The lowest BCUT2D eigenvalue weighted by Gasteiger charge is -2.13. The van der Waals surface area contributed by atoms with Crippen molar-refractivity contribution in [1.29, 1.82) is 0 Å². The zero-order valence-corrected chi connectivity index (χ0v) is 21.9. The molecule has 0 unspecified atom stereocenters. The van der Waals surface area contributed by atoms with Crippen molar-refractivity contribution in [3.8, 4) is 28.7 Å². The maximum absolute atomic E-state index is 13.0. The highest BCUT2D eigenvalue weighted by molar-refractivity contribution is 6.13.